The van der Waals surface area contributed by atoms with E-state index in [1.807, 2.05) is 12.1 Å². The second-order valence-corrected chi connectivity index (χ2v) is 8.79. The second-order valence-electron chi connectivity index (χ2n) is 8.79. The summed E-state index contributed by atoms with van der Waals surface area (Å²) in [5, 5.41) is 10.2. The standard InChI is InChI=1S/C26H20FN9O/c1-13(2)26(37)32-16-7-15(8-29-9-16)22-21(27)20-18(12-31-22)35-36-24(20)25-33-19-11-30-10-17(23(19)34-25)14-3-5-28-6-4-14/h3-13H,1-2H3,(H,32,37)(H,33,34)(H,35,36). The van der Waals surface area contributed by atoms with Crippen LogP contribution >= 0.6 is 0 Å². The number of halogens is 1. The Morgan fingerprint density at radius 1 is 0.946 bits per heavy atom. The van der Waals surface area contributed by atoms with E-state index >= 15 is 4.39 Å². The molecule has 0 bridgehead atoms. The van der Waals surface area contributed by atoms with E-state index in [1.165, 1.54) is 18.6 Å². The van der Waals surface area contributed by atoms with Gasteiger partial charge in [0.1, 0.15) is 11.4 Å². The maximum atomic E-state index is 16.0. The van der Waals surface area contributed by atoms with Crippen LogP contribution in [0.15, 0.2) is 61.6 Å². The molecule has 0 spiro atoms. The van der Waals surface area contributed by atoms with Crippen molar-refractivity contribution in [1.82, 2.24) is 40.1 Å². The largest absolute Gasteiger partial charge is 0.335 e. The molecule has 0 aliphatic heterocycles. The number of imidazole rings is 1. The van der Waals surface area contributed by atoms with Crippen molar-refractivity contribution >= 4 is 33.5 Å². The Balaban J connectivity index is 1.45. The zero-order valence-corrected chi connectivity index (χ0v) is 19.8. The summed E-state index contributed by atoms with van der Waals surface area (Å²) in [5.74, 6) is -0.563. The summed E-state index contributed by atoms with van der Waals surface area (Å²) < 4.78 is 16.0. The van der Waals surface area contributed by atoms with E-state index < -0.39 is 5.82 Å². The molecule has 6 aromatic rings. The van der Waals surface area contributed by atoms with Crippen molar-refractivity contribution in [2.45, 2.75) is 13.8 Å². The smallest absolute Gasteiger partial charge is 0.226 e. The molecule has 0 aliphatic carbocycles. The average Bonchev–Trinajstić information content (AvgIpc) is 3.54. The van der Waals surface area contributed by atoms with Gasteiger partial charge in [-0.3, -0.25) is 29.8 Å². The first-order chi connectivity index (χ1) is 18.0. The fourth-order valence-electron chi connectivity index (χ4n) is 4.06. The van der Waals surface area contributed by atoms with Gasteiger partial charge in [0.05, 0.1) is 46.2 Å². The lowest BCUT2D eigenvalue weighted by atomic mass is 10.1. The summed E-state index contributed by atoms with van der Waals surface area (Å²) in [7, 11) is 0. The molecular formula is C26H20FN9O. The molecule has 0 atom stereocenters. The number of amides is 1. The van der Waals surface area contributed by atoms with Crippen LogP contribution in [-0.4, -0.2) is 46.0 Å². The number of aromatic amines is 2. The molecule has 11 heteroatoms. The summed E-state index contributed by atoms with van der Waals surface area (Å²) >= 11 is 0. The van der Waals surface area contributed by atoms with E-state index in [-0.39, 0.29) is 22.9 Å². The van der Waals surface area contributed by atoms with Crippen LogP contribution in [-0.2, 0) is 4.79 Å². The fourth-order valence-corrected chi connectivity index (χ4v) is 4.06. The van der Waals surface area contributed by atoms with Gasteiger partial charge >= 0.3 is 0 Å². The summed E-state index contributed by atoms with van der Waals surface area (Å²) in [6, 6.07) is 5.38. The normalized spacial score (nSPS) is 11.5. The molecule has 0 fully saturated rings. The highest BCUT2D eigenvalue weighted by atomic mass is 19.1. The molecule has 182 valence electrons. The third-order valence-electron chi connectivity index (χ3n) is 5.96. The van der Waals surface area contributed by atoms with E-state index in [2.05, 4.69) is 40.4 Å². The topological polar surface area (TPSA) is 138 Å². The third kappa shape index (κ3) is 3.96. The van der Waals surface area contributed by atoms with Gasteiger partial charge < -0.3 is 10.3 Å². The van der Waals surface area contributed by atoms with E-state index in [1.54, 1.807) is 44.7 Å². The maximum Gasteiger partial charge on any atom is 0.226 e. The van der Waals surface area contributed by atoms with E-state index in [4.69, 9.17) is 4.98 Å². The van der Waals surface area contributed by atoms with Crippen molar-refractivity contribution < 1.29 is 9.18 Å². The molecule has 6 heterocycles. The van der Waals surface area contributed by atoms with Crippen molar-refractivity contribution in [2.75, 3.05) is 5.32 Å². The van der Waals surface area contributed by atoms with Gasteiger partial charge in [-0.2, -0.15) is 5.10 Å². The van der Waals surface area contributed by atoms with Crippen LogP contribution in [0.25, 0.3) is 55.8 Å². The number of hydrogen-bond donors (Lipinski definition) is 3. The first-order valence-corrected chi connectivity index (χ1v) is 11.5. The van der Waals surface area contributed by atoms with Gasteiger partial charge in [-0.25, -0.2) is 9.37 Å². The number of anilines is 1. The number of aromatic nitrogens is 8. The minimum Gasteiger partial charge on any atom is -0.335 e. The van der Waals surface area contributed by atoms with Crippen molar-refractivity contribution in [3.63, 3.8) is 0 Å². The van der Waals surface area contributed by atoms with Gasteiger partial charge in [0.2, 0.25) is 5.91 Å². The first kappa shape index (κ1) is 22.4. The van der Waals surface area contributed by atoms with Crippen LogP contribution in [0.4, 0.5) is 10.1 Å². The number of rotatable bonds is 5. The van der Waals surface area contributed by atoms with Gasteiger partial charge in [-0.1, -0.05) is 13.8 Å². The SMILES string of the molecule is CC(C)C(=O)Nc1cncc(-c2ncc3[nH]nc(-c4nc5c(-c6ccncc6)cncc5[nH]4)c3c2F)c1. The van der Waals surface area contributed by atoms with Crippen LogP contribution in [0.5, 0.6) is 0 Å². The van der Waals surface area contributed by atoms with Crippen LogP contribution in [0, 0.1) is 11.7 Å². The van der Waals surface area contributed by atoms with Crippen LogP contribution in [0.1, 0.15) is 13.8 Å². The second kappa shape index (κ2) is 8.86. The third-order valence-corrected chi connectivity index (χ3v) is 5.96. The molecule has 0 saturated carbocycles. The summed E-state index contributed by atoms with van der Waals surface area (Å²) in [6.45, 7) is 3.58. The summed E-state index contributed by atoms with van der Waals surface area (Å²) in [4.78, 5) is 36.9. The number of H-pyrrole nitrogens is 2. The number of hydrogen-bond acceptors (Lipinski definition) is 7. The van der Waals surface area contributed by atoms with Gasteiger partial charge in [0, 0.05) is 41.8 Å². The highest BCUT2D eigenvalue weighted by molar-refractivity contribution is 5.98. The Bertz CT molecular complexity index is 1780. The lowest BCUT2D eigenvalue weighted by Crippen LogP contribution is -2.17. The zero-order valence-electron chi connectivity index (χ0n) is 19.8. The molecule has 1 amide bonds. The predicted molar refractivity (Wildman–Crippen MR) is 137 cm³/mol. The molecule has 3 N–H and O–H groups in total. The summed E-state index contributed by atoms with van der Waals surface area (Å²) in [6.07, 6.45) is 11.3. The molecule has 0 aliphatic rings. The Labute approximate surface area is 209 Å². The molecule has 0 saturated heterocycles. The van der Waals surface area contributed by atoms with Crippen molar-refractivity contribution in [3.05, 3.63) is 67.4 Å². The number of pyridine rings is 4. The van der Waals surface area contributed by atoms with Gasteiger partial charge in [0.25, 0.3) is 0 Å². The van der Waals surface area contributed by atoms with Gasteiger partial charge in [-0.05, 0) is 23.8 Å². The molecule has 0 aromatic carbocycles. The minimum absolute atomic E-state index is 0.0820. The van der Waals surface area contributed by atoms with E-state index in [9.17, 15) is 4.79 Å². The summed E-state index contributed by atoms with van der Waals surface area (Å²) in [5.41, 5.74) is 4.78. The lowest BCUT2D eigenvalue weighted by molar-refractivity contribution is -0.118. The Hall–Kier alpha value is -5.06. The van der Waals surface area contributed by atoms with Crippen LogP contribution < -0.4 is 5.32 Å². The molecule has 6 aromatic heterocycles. The fraction of sp³-hybridized carbons (Fsp3) is 0.115. The Morgan fingerprint density at radius 3 is 2.57 bits per heavy atom. The molecule has 0 radical (unpaired) electrons. The average molecular weight is 494 g/mol. The minimum atomic E-state index is -0.580. The molecule has 37 heavy (non-hydrogen) atoms. The Kier molecular flexibility index (Phi) is 5.37. The van der Waals surface area contributed by atoms with E-state index in [0.29, 0.717) is 39.3 Å². The van der Waals surface area contributed by atoms with Crippen molar-refractivity contribution in [1.29, 1.82) is 0 Å². The highest BCUT2D eigenvalue weighted by Crippen LogP contribution is 2.34. The first-order valence-electron chi connectivity index (χ1n) is 11.5. The van der Waals surface area contributed by atoms with Crippen molar-refractivity contribution in [3.8, 4) is 33.9 Å². The number of carbonyl (C=O) groups is 1. The highest BCUT2D eigenvalue weighted by Gasteiger charge is 2.21. The van der Waals surface area contributed by atoms with E-state index in [0.717, 1.165) is 11.1 Å². The quantitative estimate of drug-likeness (QED) is 0.315. The number of carbonyl (C=O) groups excluding carboxylic acids is 1. The maximum absolute atomic E-state index is 16.0. The van der Waals surface area contributed by atoms with Crippen molar-refractivity contribution in [2.24, 2.45) is 5.92 Å². The Morgan fingerprint density at radius 2 is 1.76 bits per heavy atom. The number of nitrogens with one attached hydrogen (secondary N) is 3. The van der Waals surface area contributed by atoms with Crippen LogP contribution in [0.3, 0.4) is 0 Å². The van der Waals surface area contributed by atoms with Gasteiger partial charge in [-0.15, -0.1) is 0 Å². The molecule has 10 nitrogen and oxygen atoms in total. The molecule has 6 rings (SSSR count). The number of fused-ring (bicyclic) bond motifs is 2. The molecule has 0 unspecified atom stereocenters. The monoisotopic (exact) mass is 493 g/mol. The lowest BCUT2D eigenvalue weighted by Gasteiger charge is -2.09. The van der Waals surface area contributed by atoms with Crippen LogP contribution in [0.2, 0.25) is 0 Å². The zero-order chi connectivity index (χ0) is 25.5. The number of nitrogens with zero attached hydrogens (tertiary/aromatic N) is 6. The molecular weight excluding hydrogens is 473 g/mol. The van der Waals surface area contributed by atoms with Gasteiger partial charge in [0.15, 0.2) is 11.6 Å². The predicted octanol–water partition coefficient (Wildman–Crippen LogP) is 4.75.